The second-order valence-corrected chi connectivity index (χ2v) is 8.33. The van der Waals surface area contributed by atoms with E-state index in [4.69, 9.17) is 18.2 Å². The molecule has 0 N–H and O–H groups in total. The molecule has 1 aromatic carbocycles. The van der Waals surface area contributed by atoms with E-state index in [1.54, 1.807) is 36.5 Å². The van der Waals surface area contributed by atoms with E-state index in [0.717, 1.165) is 9.54 Å². The van der Waals surface area contributed by atoms with E-state index >= 15 is 0 Å². The molecule has 0 bridgehead atoms. The Balaban J connectivity index is 2.08. The highest BCUT2D eigenvalue weighted by Gasteiger charge is 2.26. The minimum Gasteiger partial charge on any atom is -0.361 e. The third kappa shape index (κ3) is 3.24. The van der Waals surface area contributed by atoms with Crippen molar-refractivity contribution in [3.8, 4) is 11.3 Å². The molecule has 0 fully saturated rings. The average Bonchev–Trinajstić information content (AvgIpc) is 3.13. The molecule has 3 aromatic heterocycles. The number of hydrogen-bond donors (Lipinski definition) is 0. The highest BCUT2D eigenvalue weighted by molar-refractivity contribution is 7.90. The third-order valence-corrected chi connectivity index (χ3v) is 6.34. The minimum atomic E-state index is -3.93. The van der Waals surface area contributed by atoms with E-state index in [1.165, 1.54) is 18.3 Å². The van der Waals surface area contributed by atoms with E-state index in [9.17, 15) is 8.42 Å². The van der Waals surface area contributed by atoms with Gasteiger partial charge < -0.3 is 4.85 Å². The van der Waals surface area contributed by atoms with Crippen LogP contribution in [0.5, 0.6) is 0 Å². The first-order valence-electron chi connectivity index (χ1n) is 8.67. The molecule has 4 aromatic rings. The number of fused-ring (bicyclic) bond motifs is 1. The lowest BCUT2D eigenvalue weighted by molar-refractivity contribution is 0.589. The molecule has 7 nitrogen and oxygen atoms in total. The molecule has 4 rings (SSSR count). The van der Waals surface area contributed by atoms with Crippen molar-refractivity contribution in [1.82, 2.24) is 18.9 Å². The Morgan fingerprint density at radius 3 is 2.59 bits per heavy atom. The molecule has 0 saturated carbocycles. The Kier molecular flexibility index (Phi) is 4.78. The van der Waals surface area contributed by atoms with Gasteiger partial charge in [-0.3, -0.25) is 0 Å². The quantitative estimate of drug-likeness (QED) is 0.356. The van der Waals surface area contributed by atoms with E-state index in [2.05, 4.69) is 19.8 Å². The lowest BCUT2D eigenvalue weighted by Gasteiger charge is -2.06. The van der Waals surface area contributed by atoms with Gasteiger partial charge in [-0.05, 0) is 41.8 Å². The van der Waals surface area contributed by atoms with Crippen molar-refractivity contribution in [3.05, 3.63) is 77.1 Å². The van der Waals surface area contributed by atoms with Crippen LogP contribution in [-0.2, 0) is 16.4 Å². The van der Waals surface area contributed by atoms with Gasteiger partial charge in [-0.15, -0.1) is 4.98 Å². The summed E-state index contributed by atoms with van der Waals surface area (Å²) in [6.45, 7) is 9.19. The summed E-state index contributed by atoms with van der Waals surface area (Å²) in [5.41, 5.74) is 2.08. The SMILES string of the molecule is [C-]#[N+]c1ccc2c(-c3nc(Cl)ncc3CC)cn(S(=O)(=O)c3ccccc3)c2n1. The van der Waals surface area contributed by atoms with Crippen LogP contribution in [0, 0.1) is 6.57 Å². The van der Waals surface area contributed by atoms with Crippen LogP contribution in [0.25, 0.3) is 27.1 Å². The molecule has 0 amide bonds. The van der Waals surface area contributed by atoms with Crippen LogP contribution in [-0.4, -0.2) is 27.3 Å². The Labute approximate surface area is 172 Å². The van der Waals surface area contributed by atoms with Gasteiger partial charge in [0.2, 0.25) is 10.9 Å². The molecule has 0 aliphatic carbocycles. The molecule has 0 aliphatic rings. The molecule has 9 heteroatoms. The molecule has 0 spiro atoms. The molecule has 0 radical (unpaired) electrons. The average molecular weight is 424 g/mol. The number of pyridine rings is 1. The van der Waals surface area contributed by atoms with Gasteiger partial charge >= 0.3 is 0 Å². The van der Waals surface area contributed by atoms with Crippen molar-refractivity contribution < 1.29 is 8.42 Å². The third-order valence-electron chi connectivity index (χ3n) is 4.49. The maximum Gasteiger partial charge on any atom is 0.271 e. The van der Waals surface area contributed by atoms with Crippen LogP contribution in [0.2, 0.25) is 5.28 Å². The van der Waals surface area contributed by atoms with E-state index in [0.29, 0.717) is 23.1 Å². The van der Waals surface area contributed by atoms with Crippen LogP contribution < -0.4 is 0 Å². The van der Waals surface area contributed by atoms with Crippen LogP contribution in [0.1, 0.15) is 12.5 Å². The summed E-state index contributed by atoms with van der Waals surface area (Å²) >= 11 is 6.01. The largest absolute Gasteiger partial charge is 0.361 e. The fourth-order valence-electron chi connectivity index (χ4n) is 3.08. The summed E-state index contributed by atoms with van der Waals surface area (Å²) in [4.78, 5) is 16.1. The molecule has 144 valence electrons. The van der Waals surface area contributed by atoms with Crippen molar-refractivity contribution in [1.29, 1.82) is 0 Å². The minimum absolute atomic E-state index is 0.0646. The van der Waals surface area contributed by atoms with E-state index in [1.807, 2.05) is 6.92 Å². The summed E-state index contributed by atoms with van der Waals surface area (Å²) in [5.74, 6) is 0.100. The van der Waals surface area contributed by atoms with Gasteiger partial charge in [0.15, 0.2) is 0 Å². The Bertz CT molecular complexity index is 1380. The molecule has 3 heterocycles. The lowest BCUT2D eigenvalue weighted by Crippen LogP contribution is -2.12. The zero-order valence-corrected chi connectivity index (χ0v) is 16.8. The Morgan fingerprint density at radius 2 is 1.90 bits per heavy atom. The first-order chi connectivity index (χ1) is 14.0. The molecule has 0 saturated heterocycles. The molecular weight excluding hydrogens is 410 g/mol. The number of rotatable bonds is 4. The maximum absolute atomic E-state index is 13.3. The van der Waals surface area contributed by atoms with Crippen molar-refractivity contribution >= 4 is 38.5 Å². The van der Waals surface area contributed by atoms with Crippen LogP contribution in [0.3, 0.4) is 0 Å². The van der Waals surface area contributed by atoms with Crippen LogP contribution in [0.4, 0.5) is 5.82 Å². The summed E-state index contributed by atoms with van der Waals surface area (Å²) in [6.07, 6.45) is 3.74. The second kappa shape index (κ2) is 7.28. The zero-order chi connectivity index (χ0) is 20.6. The van der Waals surface area contributed by atoms with Gasteiger partial charge in [0.05, 0.1) is 16.0 Å². The molecule has 29 heavy (non-hydrogen) atoms. The van der Waals surface area contributed by atoms with Crippen LogP contribution >= 0.6 is 11.6 Å². The summed E-state index contributed by atoms with van der Waals surface area (Å²) in [5, 5.41) is 0.621. The van der Waals surface area contributed by atoms with Gasteiger partial charge in [0.25, 0.3) is 15.8 Å². The normalized spacial score (nSPS) is 11.5. The van der Waals surface area contributed by atoms with Crippen molar-refractivity contribution in [2.45, 2.75) is 18.2 Å². The standard InChI is InChI=1S/C20H14ClN5O2S/c1-3-13-11-23-20(21)25-18(13)16-12-26(19-15(16)9-10-17(22-2)24-19)29(27,28)14-7-5-4-6-8-14/h4-12H,3H2,1H3. The summed E-state index contributed by atoms with van der Waals surface area (Å²) in [6, 6.07) is 11.3. The van der Waals surface area contributed by atoms with Gasteiger partial charge in [0.1, 0.15) is 0 Å². The molecular formula is C20H14ClN5O2S. The fraction of sp³-hybridized carbons (Fsp3) is 0.100. The highest BCUT2D eigenvalue weighted by Crippen LogP contribution is 2.34. The highest BCUT2D eigenvalue weighted by atomic mass is 35.5. The fourth-order valence-corrected chi connectivity index (χ4v) is 4.55. The molecule has 0 aliphatic heterocycles. The second-order valence-electron chi connectivity index (χ2n) is 6.18. The first kappa shape index (κ1) is 19.1. The monoisotopic (exact) mass is 423 g/mol. The smallest absolute Gasteiger partial charge is 0.271 e. The van der Waals surface area contributed by atoms with Gasteiger partial charge in [-0.2, -0.15) is 0 Å². The van der Waals surface area contributed by atoms with Crippen molar-refractivity contribution in [2.75, 3.05) is 0 Å². The molecule has 0 unspecified atom stereocenters. The number of aromatic nitrogens is 4. The maximum atomic E-state index is 13.3. The van der Waals surface area contributed by atoms with Gasteiger partial charge in [0, 0.05) is 18.0 Å². The van der Waals surface area contributed by atoms with E-state index < -0.39 is 10.0 Å². The molecule has 0 atom stereocenters. The van der Waals surface area contributed by atoms with Crippen molar-refractivity contribution in [3.63, 3.8) is 0 Å². The van der Waals surface area contributed by atoms with Gasteiger partial charge in [-0.1, -0.05) is 37.8 Å². The van der Waals surface area contributed by atoms with Crippen molar-refractivity contribution in [2.24, 2.45) is 0 Å². The number of halogens is 1. The lowest BCUT2D eigenvalue weighted by atomic mass is 10.1. The van der Waals surface area contributed by atoms with Gasteiger partial charge in [-0.25, -0.2) is 22.4 Å². The predicted molar refractivity (Wildman–Crippen MR) is 110 cm³/mol. The topological polar surface area (TPSA) is 82.1 Å². The first-order valence-corrected chi connectivity index (χ1v) is 10.5. The summed E-state index contributed by atoms with van der Waals surface area (Å²) < 4.78 is 27.7. The Morgan fingerprint density at radius 1 is 1.14 bits per heavy atom. The predicted octanol–water partition coefficient (Wildman–Crippen LogP) is 4.50. The number of aryl methyl sites for hydroxylation is 1. The number of hydrogen-bond acceptors (Lipinski definition) is 5. The zero-order valence-electron chi connectivity index (χ0n) is 15.2. The Hall–Kier alpha value is -3.28. The summed E-state index contributed by atoms with van der Waals surface area (Å²) in [7, 11) is -3.93. The number of benzene rings is 1. The van der Waals surface area contributed by atoms with Crippen LogP contribution in [0.15, 0.2) is 59.8 Å². The number of nitrogens with zero attached hydrogens (tertiary/aromatic N) is 5. The van der Waals surface area contributed by atoms with E-state index in [-0.39, 0.29) is 21.6 Å².